The van der Waals surface area contributed by atoms with Crippen molar-refractivity contribution in [2.45, 2.75) is 18.6 Å². The van der Waals surface area contributed by atoms with Gasteiger partial charge in [0.1, 0.15) is 11.8 Å². The zero-order chi connectivity index (χ0) is 13.8. The Labute approximate surface area is 108 Å². The van der Waals surface area contributed by atoms with Gasteiger partial charge in [0.2, 0.25) is 0 Å². The van der Waals surface area contributed by atoms with Gasteiger partial charge in [-0.25, -0.2) is 9.50 Å². The topological polar surface area (TPSA) is 130 Å². The minimum Gasteiger partial charge on any atom is -0.418 e. The van der Waals surface area contributed by atoms with Gasteiger partial charge in [0.25, 0.3) is 6.26 Å². The van der Waals surface area contributed by atoms with Crippen molar-refractivity contribution in [2.75, 3.05) is 12.3 Å². The van der Waals surface area contributed by atoms with E-state index in [1.807, 2.05) is 0 Å². The van der Waals surface area contributed by atoms with Crippen LogP contribution in [0.25, 0.3) is 5.52 Å². The third kappa shape index (κ3) is 2.57. The number of fused-ring (bicyclic) bond motifs is 1. The van der Waals surface area contributed by atoms with Crippen molar-refractivity contribution in [1.29, 1.82) is 5.26 Å². The first-order valence-corrected chi connectivity index (χ1v) is 5.59. The fourth-order valence-electron chi connectivity index (χ4n) is 1.83. The van der Waals surface area contributed by atoms with E-state index in [0.717, 1.165) is 0 Å². The maximum atomic E-state index is 9.47. The second-order valence-electron chi connectivity index (χ2n) is 3.97. The number of aliphatic hydroxyl groups excluding tert-OH is 2. The number of hydrogen-bond acceptors (Lipinski definition) is 7. The predicted octanol–water partition coefficient (Wildman–Crippen LogP) is -0.406. The molecule has 4 N–H and O–H groups in total. The molecule has 0 aliphatic heterocycles. The zero-order valence-electron chi connectivity index (χ0n) is 9.97. The molecular weight excluding hydrogens is 250 g/mol. The van der Waals surface area contributed by atoms with Crippen molar-refractivity contribution >= 4 is 11.3 Å². The Morgan fingerprint density at radius 3 is 3.00 bits per heavy atom. The number of ether oxygens (including phenoxy) is 1. The van der Waals surface area contributed by atoms with E-state index in [-0.39, 0.29) is 6.42 Å². The largest absolute Gasteiger partial charge is 0.418 e. The lowest BCUT2D eigenvalue weighted by Crippen LogP contribution is -2.18. The number of nitriles is 1. The first-order chi connectivity index (χ1) is 9.17. The fraction of sp³-hybridized carbons (Fsp3) is 0.364. The van der Waals surface area contributed by atoms with Gasteiger partial charge in [-0.05, 0) is 12.1 Å². The molecule has 8 nitrogen and oxygen atoms in total. The van der Waals surface area contributed by atoms with E-state index in [2.05, 4.69) is 10.1 Å². The average molecular weight is 263 g/mol. The number of nitrogen functional groups attached to an aromatic ring is 1. The normalized spacial score (nSPS) is 13.9. The maximum absolute atomic E-state index is 9.47. The van der Waals surface area contributed by atoms with Crippen LogP contribution in [0.2, 0.25) is 0 Å². The number of nitrogens with zero attached hydrogens (tertiary/aromatic N) is 4. The lowest BCUT2D eigenvalue weighted by molar-refractivity contribution is 0.0372. The molecular formula is C11H13N5O3. The van der Waals surface area contributed by atoms with Gasteiger partial charge in [-0.15, -0.1) is 0 Å². The van der Waals surface area contributed by atoms with Crippen LogP contribution in [0.3, 0.4) is 0 Å². The standard InChI is InChI=1S/C11H13N5O3/c12-5-19-10(3-7(18)4-17)8-1-2-9-11(13)14-6-15-16(8)9/h1-2,6-7,10,17-18H,3-4H2,(H2,13,14,15)/t7-,10+/m0/s1. The van der Waals surface area contributed by atoms with E-state index in [0.29, 0.717) is 17.0 Å². The molecule has 0 saturated heterocycles. The van der Waals surface area contributed by atoms with Crippen LogP contribution in [0.5, 0.6) is 0 Å². The first-order valence-electron chi connectivity index (χ1n) is 5.59. The molecule has 2 rings (SSSR count). The smallest absolute Gasteiger partial charge is 0.287 e. The summed E-state index contributed by atoms with van der Waals surface area (Å²) < 4.78 is 6.41. The Hall–Kier alpha value is -2.37. The summed E-state index contributed by atoms with van der Waals surface area (Å²) in [6.07, 6.45) is 1.24. The summed E-state index contributed by atoms with van der Waals surface area (Å²) in [6.45, 7) is -0.411. The molecule has 0 unspecified atom stereocenters. The molecule has 2 atom stereocenters. The van der Waals surface area contributed by atoms with Gasteiger partial charge >= 0.3 is 0 Å². The Bertz CT molecular complexity index is 606. The highest BCUT2D eigenvalue weighted by atomic mass is 16.5. The maximum Gasteiger partial charge on any atom is 0.287 e. The Kier molecular flexibility index (Phi) is 3.79. The van der Waals surface area contributed by atoms with Crippen molar-refractivity contribution in [2.24, 2.45) is 0 Å². The number of nitrogens with two attached hydrogens (primary N) is 1. The third-order valence-electron chi connectivity index (χ3n) is 2.73. The lowest BCUT2D eigenvalue weighted by atomic mass is 10.1. The number of anilines is 1. The summed E-state index contributed by atoms with van der Waals surface area (Å²) in [5, 5.41) is 31.0. The molecule has 19 heavy (non-hydrogen) atoms. The quantitative estimate of drug-likeness (QED) is 0.625. The van der Waals surface area contributed by atoms with Crippen LogP contribution in [-0.2, 0) is 4.74 Å². The summed E-state index contributed by atoms with van der Waals surface area (Å²) in [6, 6.07) is 3.39. The Morgan fingerprint density at radius 2 is 2.32 bits per heavy atom. The monoisotopic (exact) mass is 263 g/mol. The highest BCUT2D eigenvalue weighted by molar-refractivity contribution is 5.65. The summed E-state index contributed by atoms with van der Waals surface area (Å²) in [7, 11) is 0. The molecule has 2 aromatic rings. The third-order valence-corrected chi connectivity index (χ3v) is 2.73. The van der Waals surface area contributed by atoms with Gasteiger partial charge in [0.15, 0.2) is 11.9 Å². The zero-order valence-corrected chi connectivity index (χ0v) is 9.97. The molecule has 0 saturated carbocycles. The molecule has 8 heteroatoms. The number of aliphatic hydroxyl groups is 2. The molecule has 0 aromatic carbocycles. The van der Waals surface area contributed by atoms with E-state index in [1.165, 1.54) is 10.8 Å². The number of hydrogen-bond donors (Lipinski definition) is 3. The van der Waals surface area contributed by atoms with Crippen LogP contribution in [0, 0.1) is 11.5 Å². The second-order valence-corrected chi connectivity index (χ2v) is 3.97. The second kappa shape index (κ2) is 5.51. The van der Waals surface area contributed by atoms with Crippen molar-refractivity contribution < 1.29 is 14.9 Å². The van der Waals surface area contributed by atoms with Crippen LogP contribution in [0.1, 0.15) is 18.2 Å². The summed E-state index contributed by atoms with van der Waals surface area (Å²) >= 11 is 0. The summed E-state index contributed by atoms with van der Waals surface area (Å²) in [5.74, 6) is 0.305. The lowest BCUT2D eigenvalue weighted by Gasteiger charge is -2.16. The van der Waals surface area contributed by atoms with Crippen molar-refractivity contribution in [1.82, 2.24) is 14.6 Å². The minimum atomic E-state index is -0.983. The van der Waals surface area contributed by atoms with Crippen LogP contribution >= 0.6 is 0 Å². The van der Waals surface area contributed by atoms with E-state index in [4.69, 9.17) is 20.8 Å². The molecule has 0 bridgehead atoms. The van der Waals surface area contributed by atoms with Crippen LogP contribution in [0.4, 0.5) is 5.82 Å². The van der Waals surface area contributed by atoms with Crippen LogP contribution in [0.15, 0.2) is 18.5 Å². The molecule has 100 valence electrons. The highest BCUT2D eigenvalue weighted by Gasteiger charge is 2.22. The highest BCUT2D eigenvalue weighted by Crippen LogP contribution is 2.25. The predicted molar refractivity (Wildman–Crippen MR) is 64.5 cm³/mol. The number of aromatic nitrogens is 3. The van der Waals surface area contributed by atoms with E-state index < -0.39 is 18.8 Å². The minimum absolute atomic E-state index is 0.0695. The van der Waals surface area contributed by atoms with Crippen molar-refractivity contribution in [3.63, 3.8) is 0 Å². The van der Waals surface area contributed by atoms with Gasteiger partial charge in [-0.1, -0.05) is 0 Å². The van der Waals surface area contributed by atoms with Crippen molar-refractivity contribution in [3.05, 3.63) is 24.2 Å². The van der Waals surface area contributed by atoms with E-state index >= 15 is 0 Å². The summed E-state index contributed by atoms with van der Waals surface area (Å²) in [4.78, 5) is 3.85. The molecule has 2 heterocycles. The molecule has 0 radical (unpaired) electrons. The van der Waals surface area contributed by atoms with Crippen LogP contribution in [-0.4, -0.2) is 37.5 Å². The SMILES string of the molecule is N#CO[C@H](C[C@H](O)CO)c1ccc2c(N)ncnn12. The van der Waals surface area contributed by atoms with Gasteiger partial charge in [0.05, 0.1) is 18.4 Å². The molecule has 0 fully saturated rings. The molecule has 0 aliphatic rings. The van der Waals surface area contributed by atoms with Gasteiger partial charge < -0.3 is 20.7 Å². The van der Waals surface area contributed by atoms with Crippen molar-refractivity contribution in [3.8, 4) is 6.26 Å². The molecule has 0 aliphatic carbocycles. The Morgan fingerprint density at radius 1 is 1.53 bits per heavy atom. The van der Waals surface area contributed by atoms with Gasteiger partial charge in [-0.2, -0.15) is 10.4 Å². The molecule has 0 amide bonds. The molecule has 0 spiro atoms. The van der Waals surface area contributed by atoms with E-state index in [1.54, 1.807) is 18.4 Å². The van der Waals surface area contributed by atoms with Gasteiger partial charge in [0, 0.05) is 6.42 Å². The van der Waals surface area contributed by atoms with Gasteiger partial charge in [-0.3, -0.25) is 0 Å². The first kappa shape index (κ1) is 13.1. The average Bonchev–Trinajstić information content (AvgIpc) is 2.83. The van der Waals surface area contributed by atoms with E-state index in [9.17, 15) is 5.11 Å². The molecule has 2 aromatic heterocycles. The van der Waals surface area contributed by atoms with Crippen LogP contribution < -0.4 is 5.73 Å². The number of rotatable bonds is 5. The Balaban J connectivity index is 2.39. The summed E-state index contributed by atoms with van der Waals surface area (Å²) in [5.41, 5.74) is 6.84. The fourth-order valence-corrected chi connectivity index (χ4v) is 1.83.